The second-order valence-electron chi connectivity index (χ2n) is 7.44. The fourth-order valence-electron chi connectivity index (χ4n) is 3.53. The third kappa shape index (κ3) is 3.94. The molecule has 2 rings (SSSR count). The van der Waals surface area contributed by atoms with Crippen molar-refractivity contribution in [2.24, 2.45) is 5.18 Å². The minimum absolute atomic E-state index is 0.0327. The van der Waals surface area contributed by atoms with Crippen molar-refractivity contribution in [2.45, 2.75) is 64.6 Å². The van der Waals surface area contributed by atoms with Crippen molar-refractivity contribution in [3.63, 3.8) is 0 Å². The van der Waals surface area contributed by atoms with Crippen molar-refractivity contribution in [2.75, 3.05) is 14.1 Å². The summed E-state index contributed by atoms with van der Waals surface area (Å²) in [4.78, 5) is 27.3. The Morgan fingerprint density at radius 2 is 1.75 bits per heavy atom. The van der Waals surface area contributed by atoms with Gasteiger partial charge in [-0.05, 0) is 63.1 Å². The Kier molecular flexibility index (Phi) is 5.62. The number of hydrogen-bond acceptors (Lipinski definition) is 3. The van der Waals surface area contributed by atoms with Gasteiger partial charge in [-0.15, -0.1) is 0 Å². The lowest BCUT2D eigenvalue weighted by molar-refractivity contribution is 0.129. The predicted octanol–water partition coefficient (Wildman–Crippen LogP) is 4.25. The largest absolute Gasteiger partial charge is 0.325 e. The van der Waals surface area contributed by atoms with Crippen molar-refractivity contribution < 1.29 is 4.79 Å². The van der Waals surface area contributed by atoms with Crippen LogP contribution < -0.4 is 0 Å². The number of carbonyl (C=O) groups excluding carboxylic acids is 1. The zero-order valence-electron chi connectivity index (χ0n) is 15.5. The molecule has 0 radical (unpaired) electrons. The topological polar surface area (TPSA) is 53.0 Å². The number of hydrogen-bond donors (Lipinski definition) is 0. The summed E-state index contributed by atoms with van der Waals surface area (Å²) >= 11 is 0. The molecule has 1 saturated carbocycles. The summed E-state index contributed by atoms with van der Waals surface area (Å²) in [6.07, 6.45) is 3.17. The minimum Gasteiger partial charge on any atom is -0.325 e. The molecule has 2 amide bonds. The Labute approximate surface area is 145 Å². The molecule has 0 unspecified atom stereocenters. The number of nitroso groups, excluding NO2 is 1. The zero-order valence-corrected chi connectivity index (χ0v) is 15.5. The standard InChI is InChI=1S/C19H29N3O2/c1-14-7-6-8-15(2)17(14)13-21(4)18(23)22(5)16-9-11-19(3,20-24)12-10-16/h6-8,16H,9-13H2,1-5H3. The second-order valence-corrected chi connectivity index (χ2v) is 7.44. The molecule has 5 nitrogen and oxygen atoms in total. The van der Waals surface area contributed by atoms with E-state index < -0.39 is 5.54 Å². The van der Waals surface area contributed by atoms with E-state index in [-0.39, 0.29) is 12.1 Å². The van der Waals surface area contributed by atoms with Gasteiger partial charge in [-0.25, -0.2) is 4.79 Å². The van der Waals surface area contributed by atoms with Gasteiger partial charge in [0.25, 0.3) is 0 Å². The van der Waals surface area contributed by atoms with Gasteiger partial charge in [0.15, 0.2) is 0 Å². The third-order valence-electron chi connectivity index (χ3n) is 5.47. The van der Waals surface area contributed by atoms with Gasteiger partial charge < -0.3 is 9.80 Å². The van der Waals surface area contributed by atoms with Crippen LogP contribution in [-0.2, 0) is 6.54 Å². The van der Waals surface area contributed by atoms with Crippen molar-refractivity contribution in [3.05, 3.63) is 39.8 Å². The van der Waals surface area contributed by atoms with E-state index >= 15 is 0 Å². The predicted molar refractivity (Wildman–Crippen MR) is 97.0 cm³/mol. The van der Waals surface area contributed by atoms with Gasteiger partial charge in [0.05, 0.1) is 5.54 Å². The quantitative estimate of drug-likeness (QED) is 0.774. The van der Waals surface area contributed by atoms with Crippen LogP contribution in [0.5, 0.6) is 0 Å². The van der Waals surface area contributed by atoms with E-state index in [1.165, 1.54) is 16.7 Å². The third-order valence-corrected chi connectivity index (χ3v) is 5.47. The highest BCUT2D eigenvalue weighted by atomic mass is 16.3. The Hall–Kier alpha value is -1.91. The molecule has 0 aromatic heterocycles. The normalized spacial score (nSPS) is 23.6. The molecule has 1 aliphatic carbocycles. The molecular weight excluding hydrogens is 302 g/mol. The molecule has 24 heavy (non-hydrogen) atoms. The number of amides is 2. The van der Waals surface area contributed by atoms with E-state index in [2.05, 4.69) is 31.2 Å². The van der Waals surface area contributed by atoms with Gasteiger partial charge in [-0.3, -0.25) is 0 Å². The van der Waals surface area contributed by atoms with Crippen LogP contribution in [0.25, 0.3) is 0 Å². The van der Waals surface area contributed by atoms with Crippen LogP contribution in [0.3, 0.4) is 0 Å². The summed E-state index contributed by atoms with van der Waals surface area (Å²) < 4.78 is 0. The average molecular weight is 331 g/mol. The molecule has 0 bridgehead atoms. The second kappa shape index (κ2) is 7.32. The Morgan fingerprint density at radius 3 is 2.25 bits per heavy atom. The van der Waals surface area contributed by atoms with E-state index in [0.717, 1.165) is 25.7 Å². The summed E-state index contributed by atoms with van der Waals surface area (Å²) in [6, 6.07) is 6.43. The molecule has 1 aromatic rings. The number of rotatable bonds is 4. The van der Waals surface area contributed by atoms with Crippen LogP contribution in [0.4, 0.5) is 4.79 Å². The number of nitrogens with zero attached hydrogens (tertiary/aromatic N) is 3. The monoisotopic (exact) mass is 331 g/mol. The van der Waals surface area contributed by atoms with Crippen LogP contribution in [0.2, 0.25) is 0 Å². The van der Waals surface area contributed by atoms with E-state index in [4.69, 9.17) is 0 Å². The van der Waals surface area contributed by atoms with Gasteiger partial charge in [0, 0.05) is 26.7 Å². The molecule has 0 atom stereocenters. The lowest BCUT2D eigenvalue weighted by Gasteiger charge is -2.38. The van der Waals surface area contributed by atoms with E-state index in [0.29, 0.717) is 6.54 Å². The highest BCUT2D eigenvalue weighted by Gasteiger charge is 2.35. The number of urea groups is 1. The van der Waals surface area contributed by atoms with Gasteiger partial charge in [0.2, 0.25) is 0 Å². The first-order chi connectivity index (χ1) is 11.3. The van der Waals surface area contributed by atoms with Crippen LogP contribution in [0.15, 0.2) is 23.4 Å². The maximum Gasteiger partial charge on any atom is 0.320 e. The number of carbonyl (C=O) groups is 1. The smallest absolute Gasteiger partial charge is 0.320 e. The van der Waals surface area contributed by atoms with E-state index in [1.807, 2.05) is 32.0 Å². The maximum atomic E-state index is 12.8. The Morgan fingerprint density at radius 1 is 1.21 bits per heavy atom. The molecule has 0 heterocycles. The van der Waals surface area contributed by atoms with Gasteiger partial charge in [0.1, 0.15) is 0 Å². The van der Waals surface area contributed by atoms with Crippen molar-refractivity contribution in [1.29, 1.82) is 0 Å². The zero-order chi connectivity index (χ0) is 17.9. The molecule has 0 saturated heterocycles. The molecule has 1 aliphatic rings. The van der Waals surface area contributed by atoms with Crippen LogP contribution in [-0.4, -0.2) is 41.5 Å². The first-order valence-corrected chi connectivity index (χ1v) is 8.65. The summed E-state index contributed by atoms with van der Waals surface area (Å²) in [5.74, 6) is 0. The summed E-state index contributed by atoms with van der Waals surface area (Å²) in [5.41, 5.74) is 3.18. The van der Waals surface area contributed by atoms with Gasteiger partial charge in [-0.1, -0.05) is 23.4 Å². The molecule has 0 spiro atoms. The van der Waals surface area contributed by atoms with Crippen LogP contribution in [0.1, 0.15) is 49.3 Å². The number of benzene rings is 1. The van der Waals surface area contributed by atoms with Crippen molar-refractivity contribution in [1.82, 2.24) is 9.80 Å². The fraction of sp³-hybridized carbons (Fsp3) is 0.632. The summed E-state index contributed by atoms with van der Waals surface area (Å²) in [7, 11) is 3.72. The average Bonchev–Trinajstić information content (AvgIpc) is 2.57. The van der Waals surface area contributed by atoms with E-state index in [9.17, 15) is 9.70 Å². The lowest BCUT2D eigenvalue weighted by Crippen LogP contribution is -2.47. The fourth-order valence-corrected chi connectivity index (χ4v) is 3.53. The van der Waals surface area contributed by atoms with Crippen LogP contribution in [0, 0.1) is 18.8 Å². The molecular formula is C19H29N3O2. The number of aryl methyl sites for hydroxylation is 2. The van der Waals surface area contributed by atoms with Gasteiger partial charge >= 0.3 is 6.03 Å². The summed E-state index contributed by atoms with van der Waals surface area (Å²) in [6.45, 7) is 6.69. The molecule has 0 aliphatic heterocycles. The minimum atomic E-state index is -0.454. The molecule has 1 fully saturated rings. The highest BCUT2D eigenvalue weighted by Crippen LogP contribution is 2.33. The molecule has 5 heteroatoms. The van der Waals surface area contributed by atoms with E-state index in [1.54, 1.807) is 4.90 Å². The van der Waals surface area contributed by atoms with Crippen molar-refractivity contribution in [3.8, 4) is 0 Å². The first-order valence-electron chi connectivity index (χ1n) is 8.65. The lowest BCUT2D eigenvalue weighted by atomic mass is 9.81. The summed E-state index contributed by atoms with van der Waals surface area (Å²) in [5, 5.41) is 3.26. The van der Waals surface area contributed by atoms with Crippen LogP contribution >= 0.6 is 0 Å². The maximum absolute atomic E-state index is 12.8. The SMILES string of the molecule is Cc1cccc(C)c1CN(C)C(=O)N(C)C1CCC(C)(N=O)CC1. The Bertz CT molecular complexity index is 586. The first kappa shape index (κ1) is 18.4. The molecule has 132 valence electrons. The van der Waals surface area contributed by atoms with Gasteiger partial charge in [-0.2, -0.15) is 4.91 Å². The van der Waals surface area contributed by atoms with Crippen molar-refractivity contribution >= 4 is 6.03 Å². The Balaban J connectivity index is 1.99. The molecule has 0 N–H and O–H groups in total. The molecule has 1 aromatic carbocycles. The highest BCUT2D eigenvalue weighted by molar-refractivity contribution is 5.74.